The number of halogens is 1. The molecule has 2 rings (SSSR count). The largest absolute Gasteiger partial charge is 0.489 e. The van der Waals surface area contributed by atoms with Crippen LogP contribution in [0.5, 0.6) is 5.75 Å². The minimum Gasteiger partial charge on any atom is -0.489 e. The van der Waals surface area contributed by atoms with Crippen molar-refractivity contribution >= 4 is 11.6 Å². The summed E-state index contributed by atoms with van der Waals surface area (Å²) in [5.74, 6) is -0.187. The van der Waals surface area contributed by atoms with E-state index in [1.54, 1.807) is 36.4 Å². The Balaban J connectivity index is 2.09. The molecule has 1 N–H and O–H groups in total. The molecule has 0 heterocycles. The second-order valence-corrected chi connectivity index (χ2v) is 4.09. The van der Waals surface area contributed by atoms with Crippen molar-refractivity contribution in [1.29, 1.82) is 0 Å². The quantitative estimate of drug-likeness (QED) is 0.843. The molecule has 0 spiro atoms. The monoisotopic (exact) mass is 271 g/mol. The fourth-order valence-electron chi connectivity index (χ4n) is 1.65. The summed E-state index contributed by atoms with van der Waals surface area (Å²) in [6.45, 7) is 3.95. The Bertz CT molecular complexity index is 625. The average molecular weight is 271 g/mol. The van der Waals surface area contributed by atoms with E-state index in [1.165, 1.54) is 18.2 Å². The molecule has 3 nitrogen and oxygen atoms in total. The first-order valence-corrected chi connectivity index (χ1v) is 6.10. The maximum Gasteiger partial charge on any atom is 0.255 e. The number of hydrogen-bond donors (Lipinski definition) is 1. The lowest BCUT2D eigenvalue weighted by Gasteiger charge is -2.08. The van der Waals surface area contributed by atoms with Gasteiger partial charge in [0.2, 0.25) is 0 Å². The molecular formula is C16H14FNO2. The van der Waals surface area contributed by atoms with Crippen LogP contribution in [0.4, 0.5) is 10.1 Å². The Morgan fingerprint density at radius 1 is 1.25 bits per heavy atom. The van der Waals surface area contributed by atoms with Gasteiger partial charge in [0.25, 0.3) is 5.91 Å². The molecular weight excluding hydrogens is 257 g/mol. The molecule has 0 aliphatic rings. The maximum atomic E-state index is 13.1. The molecule has 2 aromatic rings. The van der Waals surface area contributed by atoms with Crippen LogP contribution in [-0.2, 0) is 0 Å². The fourth-order valence-corrected chi connectivity index (χ4v) is 1.65. The lowest BCUT2D eigenvalue weighted by Crippen LogP contribution is -2.12. The van der Waals surface area contributed by atoms with E-state index in [0.717, 1.165) is 0 Å². The highest BCUT2D eigenvalue weighted by atomic mass is 19.1. The lowest BCUT2D eigenvalue weighted by molar-refractivity contribution is 0.102. The van der Waals surface area contributed by atoms with E-state index in [0.29, 0.717) is 18.0 Å². The van der Waals surface area contributed by atoms with Gasteiger partial charge >= 0.3 is 0 Å². The second-order valence-electron chi connectivity index (χ2n) is 4.09. The molecule has 1 amide bonds. The van der Waals surface area contributed by atoms with E-state index in [4.69, 9.17) is 4.74 Å². The summed E-state index contributed by atoms with van der Waals surface area (Å²) in [6.07, 6.45) is 1.64. The molecule has 0 saturated carbocycles. The van der Waals surface area contributed by atoms with Crippen LogP contribution in [0.15, 0.2) is 61.2 Å². The van der Waals surface area contributed by atoms with Crippen molar-refractivity contribution in [3.63, 3.8) is 0 Å². The number of ether oxygens (including phenoxy) is 1. The molecule has 2 aromatic carbocycles. The Kier molecular flexibility index (Phi) is 4.50. The number of rotatable bonds is 5. The SMILES string of the molecule is C=CCOc1cccc(NC(=O)c2cccc(F)c2)c1. The molecule has 0 aliphatic heterocycles. The molecule has 0 radical (unpaired) electrons. The van der Waals surface area contributed by atoms with Crippen LogP contribution in [0.2, 0.25) is 0 Å². The number of benzene rings is 2. The van der Waals surface area contributed by atoms with Crippen molar-refractivity contribution < 1.29 is 13.9 Å². The van der Waals surface area contributed by atoms with E-state index in [-0.39, 0.29) is 11.5 Å². The normalized spacial score (nSPS) is 9.85. The molecule has 4 heteroatoms. The smallest absolute Gasteiger partial charge is 0.255 e. The van der Waals surface area contributed by atoms with Gasteiger partial charge in [-0.2, -0.15) is 0 Å². The van der Waals surface area contributed by atoms with Crippen molar-refractivity contribution in [1.82, 2.24) is 0 Å². The van der Waals surface area contributed by atoms with Gasteiger partial charge in [-0.15, -0.1) is 0 Å². The van der Waals surface area contributed by atoms with E-state index in [9.17, 15) is 9.18 Å². The second kappa shape index (κ2) is 6.52. The first kappa shape index (κ1) is 13.8. The molecule has 0 unspecified atom stereocenters. The van der Waals surface area contributed by atoms with Gasteiger partial charge in [0, 0.05) is 17.3 Å². The van der Waals surface area contributed by atoms with Gasteiger partial charge in [-0.1, -0.05) is 24.8 Å². The van der Waals surface area contributed by atoms with Crippen molar-refractivity contribution in [3.8, 4) is 5.75 Å². The highest BCUT2D eigenvalue weighted by Crippen LogP contribution is 2.18. The van der Waals surface area contributed by atoms with Crippen LogP contribution < -0.4 is 10.1 Å². The predicted octanol–water partition coefficient (Wildman–Crippen LogP) is 3.64. The van der Waals surface area contributed by atoms with E-state index in [1.807, 2.05) is 0 Å². The summed E-state index contributed by atoms with van der Waals surface area (Å²) in [5, 5.41) is 2.69. The first-order chi connectivity index (χ1) is 9.69. The molecule has 0 saturated heterocycles. The van der Waals surface area contributed by atoms with Crippen molar-refractivity contribution in [2.45, 2.75) is 0 Å². The summed E-state index contributed by atoms with van der Waals surface area (Å²) in [5.41, 5.74) is 0.850. The standard InChI is InChI=1S/C16H14FNO2/c1-2-9-20-15-8-4-7-14(11-15)18-16(19)12-5-3-6-13(17)10-12/h2-8,10-11H,1,9H2,(H,18,19). The van der Waals surface area contributed by atoms with Crippen molar-refractivity contribution in [3.05, 3.63) is 72.6 Å². The number of nitrogens with one attached hydrogen (secondary N) is 1. The van der Waals surface area contributed by atoms with Gasteiger partial charge in [-0.05, 0) is 30.3 Å². The van der Waals surface area contributed by atoms with E-state index >= 15 is 0 Å². The summed E-state index contributed by atoms with van der Waals surface area (Å²) in [7, 11) is 0. The van der Waals surface area contributed by atoms with Crippen molar-refractivity contribution in [2.24, 2.45) is 0 Å². The zero-order chi connectivity index (χ0) is 14.4. The van der Waals surface area contributed by atoms with Crippen molar-refractivity contribution in [2.75, 3.05) is 11.9 Å². The third-order valence-corrected chi connectivity index (χ3v) is 2.55. The van der Waals surface area contributed by atoms with E-state index in [2.05, 4.69) is 11.9 Å². The van der Waals surface area contributed by atoms with Crippen LogP contribution in [0.3, 0.4) is 0 Å². The van der Waals surface area contributed by atoms with Crippen LogP contribution in [0.25, 0.3) is 0 Å². The summed E-state index contributed by atoms with van der Waals surface area (Å²) in [6, 6.07) is 12.5. The lowest BCUT2D eigenvalue weighted by atomic mass is 10.2. The highest BCUT2D eigenvalue weighted by Gasteiger charge is 2.07. The molecule has 0 aliphatic carbocycles. The first-order valence-electron chi connectivity index (χ1n) is 6.10. The Morgan fingerprint density at radius 3 is 2.80 bits per heavy atom. The van der Waals surface area contributed by atoms with Gasteiger partial charge in [0.1, 0.15) is 18.2 Å². The number of hydrogen-bond acceptors (Lipinski definition) is 2. The zero-order valence-electron chi connectivity index (χ0n) is 10.8. The van der Waals surface area contributed by atoms with Crippen LogP contribution in [0.1, 0.15) is 10.4 Å². The summed E-state index contributed by atoms with van der Waals surface area (Å²) < 4.78 is 18.4. The third kappa shape index (κ3) is 3.68. The third-order valence-electron chi connectivity index (χ3n) is 2.55. The molecule has 20 heavy (non-hydrogen) atoms. The van der Waals surface area contributed by atoms with Crippen LogP contribution in [-0.4, -0.2) is 12.5 Å². The van der Waals surface area contributed by atoms with Gasteiger partial charge in [-0.3, -0.25) is 4.79 Å². The minimum absolute atomic E-state index is 0.266. The molecule has 0 bridgehead atoms. The Morgan fingerprint density at radius 2 is 2.05 bits per heavy atom. The predicted molar refractivity (Wildman–Crippen MR) is 76.5 cm³/mol. The number of carbonyl (C=O) groups excluding carboxylic acids is 1. The topological polar surface area (TPSA) is 38.3 Å². The van der Waals surface area contributed by atoms with Gasteiger partial charge in [0.15, 0.2) is 0 Å². The summed E-state index contributed by atoms with van der Waals surface area (Å²) in [4.78, 5) is 12.0. The summed E-state index contributed by atoms with van der Waals surface area (Å²) >= 11 is 0. The fraction of sp³-hybridized carbons (Fsp3) is 0.0625. The molecule has 0 fully saturated rings. The molecule has 0 atom stereocenters. The molecule has 102 valence electrons. The van der Waals surface area contributed by atoms with Gasteiger partial charge < -0.3 is 10.1 Å². The van der Waals surface area contributed by atoms with E-state index < -0.39 is 5.82 Å². The van der Waals surface area contributed by atoms with Gasteiger partial charge in [-0.25, -0.2) is 4.39 Å². The van der Waals surface area contributed by atoms with Crippen LogP contribution in [0, 0.1) is 5.82 Å². The minimum atomic E-state index is -0.444. The number of anilines is 1. The van der Waals surface area contributed by atoms with Gasteiger partial charge in [0.05, 0.1) is 0 Å². The Labute approximate surface area is 116 Å². The zero-order valence-corrected chi connectivity index (χ0v) is 10.8. The maximum absolute atomic E-state index is 13.1. The highest BCUT2D eigenvalue weighted by molar-refractivity contribution is 6.04. The number of amides is 1. The molecule has 0 aromatic heterocycles. The van der Waals surface area contributed by atoms with Crippen LogP contribution >= 0.6 is 0 Å². The average Bonchev–Trinajstić information content (AvgIpc) is 2.45. The number of carbonyl (C=O) groups is 1. The Hall–Kier alpha value is -2.62.